The number of hydrogen-bond acceptors (Lipinski definition) is 3. The second kappa shape index (κ2) is 6.30. The average Bonchev–Trinajstić information content (AvgIpc) is 2.27. The molecule has 0 saturated carbocycles. The second-order valence-corrected chi connectivity index (χ2v) is 5.63. The molecule has 1 unspecified atom stereocenters. The maximum atomic E-state index is 13.0. The molecule has 4 nitrogen and oxygen atoms in total. The Hall–Kier alpha value is -1.20. The highest BCUT2D eigenvalue weighted by molar-refractivity contribution is 6.32. The second-order valence-electron chi connectivity index (χ2n) is 5.27. The molecule has 1 amide bonds. The first kappa shape index (κ1) is 15.9. The molecular weight excluding hydrogens is 271 g/mol. The van der Waals surface area contributed by atoms with Gasteiger partial charge < -0.3 is 10.4 Å². The molecule has 106 valence electrons. The van der Waals surface area contributed by atoms with Crippen molar-refractivity contribution in [3.63, 3.8) is 0 Å². The Morgan fingerprint density at radius 1 is 1.63 bits per heavy atom. The van der Waals surface area contributed by atoms with Crippen molar-refractivity contribution >= 4 is 17.5 Å². The molecule has 2 N–H and O–H groups in total. The van der Waals surface area contributed by atoms with Gasteiger partial charge in [-0.05, 0) is 25.3 Å². The van der Waals surface area contributed by atoms with Crippen LogP contribution in [0, 0.1) is 11.7 Å². The number of pyridine rings is 1. The lowest BCUT2D eigenvalue weighted by Crippen LogP contribution is -2.41. The zero-order valence-electron chi connectivity index (χ0n) is 11.2. The van der Waals surface area contributed by atoms with Gasteiger partial charge in [0.05, 0.1) is 17.4 Å². The third-order valence-corrected chi connectivity index (χ3v) is 2.83. The van der Waals surface area contributed by atoms with E-state index < -0.39 is 17.3 Å². The van der Waals surface area contributed by atoms with Crippen molar-refractivity contribution in [1.29, 1.82) is 0 Å². The molecule has 0 saturated heterocycles. The quantitative estimate of drug-likeness (QED) is 0.818. The van der Waals surface area contributed by atoms with Crippen LogP contribution in [0.1, 0.15) is 37.6 Å². The molecular formula is C13H18ClFN2O2. The third kappa shape index (κ3) is 5.12. The summed E-state index contributed by atoms with van der Waals surface area (Å²) in [5.74, 6) is -0.893. The summed E-state index contributed by atoms with van der Waals surface area (Å²) in [5, 5.41) is 12.5. The van der Waals surface area contributed by atoms with Gasteiger partial charge in [0.2, 0.25) is 0 Å². The number of nitrogens with zero attached hydrogens (tertiary/aromatic N) is 1. The number of hydrogen-bond donors (Lipinski definition) is 2. The molecule has 1 aromatic rings. The van der Waals surface area contributed by atoms with E-state index in [0.717, 1.165) is 12.3 Å². The van der Waals surface area contributed by atoms with Gasteiger partial charge in [0.1, 0.15) is 11.0 Å². The van der Waals surface area contributed by atoms with Crippen LogP contribution in [0.15, 0.2) is 12.3 Å². The van der Waals surface area contributed by atoms with Gasteiger partial charge in [-0.1, -0.05) is 25.4 Å². The molecule has 1 aromatic heterocycles. The van der Waals surface area contributed by atoms with Gasteiger partial charge in [0, 0.05) is 6.54 Å². The van der Waals surface area contributed by atoms with E-state index in [1.165, 1.54) is 0 Å². The minimum atomic E-state index is -1.02. The van der Waals surface area contributed by atoms with Gasteiger partial charge in [0.15, 0.2) is 0 Å². The molecule has 1 rings (SSSR count). The molecule has 6 heteroatoms. The van der Waals surface area contributed by atoms with Crippen LogP contribution in [-0.2, 0) is 0 Å². The van der Waals surface area contributed by atoms with Crippen LogP contribution in [0.25, 0.3) is 0 Å². The molecule has 0 aromatic carbocycles. The van der Waals surface area contributed by atoms with Crippen molar-refractivity contribution in [3.05, 3.63) is 28.8 Å². The molecule has 0 aliphatic heterocycles. The van der Waals surface area contributed by atoms with E-state index in [-0.39, 0.29) is 17.3 Å². The minimum Gasteiger partial charge on any atom is -0.388 e. The summed E-state index contributed by atoms with van der Waals surface area (Å²) in [5.41, 5.74) is -1.06. The topological polar surface area (TPSA) is 62.2 Å². The summed E-state index contributed by atoms with van der Waals surface area (Å²) < 4.78 is 13.0. The Bertz CT molecular complexity index is 464. The summed E-state index contributed by atoms with van der Waals surface area (Å²) in [6, 6.07) is 1.02. The lowest BCUT2D eigenvalue weighted by molar-refractivity contribution is 0.0368. The Labute approximate surface area is 117 Å². The number of aromatic nitrogens is 1. The van der Waals surface area contributed by atoms with E-state index in [1.54, 1.807) is 6.92 Å². The Morgan fingerprint density at radius 3 is 2.84 bits per heavy atom. The van der Waals surface area contributed by atoms with Gasteiger partial charge in [-0.3, -0.25) is 4.79 Å². The largest absolute Gasteiger partial charge is 0.388 e. The first-order chi connectivity index (χ1) is 8.71. The van der Waals surface area contributed by atoms with Gasteiger partial charge >= 0.3 is 0 Å². The van der Waals surface area contributed by atoms with Crippen LogP contribution in [0.5, 0.6) is 0 Å². The maximum absolute atomic E-state index is 13.0. The number of halogens is 2. The SMILES string of the molecule is CC(C)CC(C)(O)CNC(=O)c1cc(F)cnc1Cl. The number of carbonyl (C=O) groups excluding carboxylic acids is 1. The predicted molar refractivity (Wildman–Crippen MR) is 71.6 cm³/mol. The predicted octanol–water partition coefficient (Wildman–Crippen LogP) is 2.40. The fourth-order valence-electron chi connectivity index (χ4n) is 1.90. The lowest BCUT2D eigenvalue weighted by Gasteiger charge is -2.25. The smallest absolute Gasteiger partial charge is 0.254 e. The molecule has 1 atom stereocenters. The summed E-state index contributed by atoms with van der Waals surface area (Å²) in [6.07, 6.45) is 1.48. The zero-order valence-corrected chi connectivity index (χ0v) is 12.0. The van der Waals surface area contributed by atoms with Gasteiger partial charge in [0.25, 0.3) is 5.91 Å². The third-order valence-electron chi connectivity index (χ3n) is 2.53. The Morgan fingerprint density at radius 2 is 2.26 bits per heavy atom. The molecule has 1 heterocycles. The van der Waals surface area contributed by atoms with Crippen molar-refractivity contribution in [2.75, 3.05) is 6.54 Å². The van der Waals surface area contributed by atoms with Crippen LogP contribution >= 0.6 is 11.6 Å². The fraction of sp³-hybridized carbons (Fsp3) is 0.538. The lowest BCUT2D eigenvalue weighted by atomic mass is 9.94. The van der Waals surface area contributed by atoms with Crippen molar-refractivity contribution in [2.24, 2.45) is 5.92 Å². The highest BCUT2D eigenvalue weighted by Gasteiger charge is 2.23. The van der Waals surface area contributed by atoms with E-state index in [1.807, 2.05) is 13.8 Å². The highest BCUT2D eigenvalue weighted by atomic mass is 35.5. The standard InChI is InChI=1S/C13H18ClFN2O2/c1-8(2)5-13(3,19)7-17-12(18)10-4-9(15)6-16-11(10)14/h4,6,8,19H,5,7H2,1-3H3,(H,17,18). The number of amides is 1. The Kier molecular flexibility index (Phi) is 5.26. The summed E-state index contributed by atoms with van der Waals surface area (Å²) in [4.78, 5) is 15.4. The van der Waals surface area contributed by atoms with Crippen LogP contribution in [0.2, 0.25) is 5.15 Å². The van der Waals surface area contributed by atoms with Crippen molar-refractivity contribution in [1.82, 2.24) is 10.3 Å². The van der Waals surface area contributed by atoms with E-state index in [4.69, 9.17) is 11.6 Å². The van der Waals surface area contributed by atoms with E-state index in [0.29, 0.717) is 12.3 Å². The van der Waals surface area contributed by atoms with Crippen LogP contribution in [0.3, 0.4) is 0 Å². The summed E-state index contributed by atoms with van der Waals surface area (Å²) in [7, 11) is 0. The normalized spacial score (nSPS) is 14.3. The first-order valence-electron chi connectivity index (χ1n) is 6.03. The van der Waals surface area contributed by atoms with E-state index >= 15 is 0 Å². The zero-order chi connectivity index (χ0) is 14.6. The van der Waals surface area contributed by atoms with Gasteiger partial charge in [-0.25, -0.2) is 9.37 Å². The van der Waals surface area contributed by atoms with E-state index in [2.05, 4.69) is 10.3 Å². The fourth-order valence-corrected chi connectivity index (χ4v) is 2.09. The van der Waals surface area contributed by atoms with Crippen LogP contribution in [0.4, 0.5) is 4.39 Å². The summed E-state index contributed by atoms with van der Waals surface area (Å²) in [6.45, 7) is 5.66. The van der Waals surface area contributed by atoms with Gasteiger partial charge in [-0.2, -0.15) is 0 Å². The summed E-state index contributed by atoms with van der Waals surface area (Å²) >= 11 is 5.72. The molecule has 0 radical (unpaired) electrons. The molecule has 0 bridgehead atoms. The van der Waals surface area contributed by atoms with Crippen LogP contribution < -0.4 is 5.32 Å². The first-order valence-corrected chi connectivity index (χ1v) is 6.41. The van der Waals surface area contributed by atoms with Crippen molar-refractivity contribution in [3.8, 4) is 0 Å². The average molecular weight is 289 g/mol. The molecule has 0 fully saturated rings. The molecule has 0 spiro atoms. The number of nitrogens with one attached hydrogen (secondary N) is 1. The van der Waals surface area contributed by atoms with Crippen LogP contribution in [-0.4, -0.2) is 28.1 Å². The number of aliphatic hydroxyl groups is 1. The minimum absolute atomic E-state index is 0.0398. The molecule has 0 aliphatic carbocycles. The van der Waals surface area contributed by atoms with Crippen molar-refractivity contribution in [2.45, 2.75) is 32.8 Å². The van der Waals surface area contributed by atoms with Crippen molar-refractivity contribution < 1.29 is 14.3 Å². The highest BCUT2D eigenvalue weighted by Crippen LogP contribution is 2.17. The molecule has 19 heavy (non-hydrogen) atoms. The Balaban J connectivity index is 2.68. The van der Waals surface area contributed by atoms with Gasteiger partial charge in [-0.15, -0.1) is 0 Å². The number of carbonyl (C=O) groups is 1. The molecule has 0 aliphatic rings. The monoisotopic (exact) mass is 288 g/mol. The van der Waals surface area contributed by atoms with E-state index in [9.17, 15) is 14.3 Å². The maximum Gasteiger partial charge on any atom is 0.254 e. The number of rotatable bonds is 5.